The van der Waals surface area contributed by atoms with Crippen LogP contribution in [0.4, 0.5) is 0 Å². The Bertz CT molecular complexity index is 101. The summed E-state index contributed by atoms with van der Waals surface area (Å²) in [5, 5.41) is 1.98. The summed E-state index contributed by atoms with van der Waals surface area (Å²) >= 11 is 0. The van der Waals surface area contributed by atoms with Gasteiger partial charge in [0.25, 0.3) is 0 Å². The standard InChI is InChI=1S/C7H15NO/c1-7(2)4-6(8-3)5-9-7/h6H,3-5,8H2,1-2H3. The first-order chi connectivity index (χ1) is 4.14. The molecule has 1 unspecified atom stereocenters. The van der Waals surface area contributed by atoms with Crippen LogP contribution in [0.15, 0.2) is 0 Å². The molecule has 54 valence electrons. The molecule has 9 heavy (non-hydrogen) atoms. The van der Waals surface area contributed by atoms with Crippen LogP contribution in [0.1, 0.15) is 20.3 Å². The van der Waals surface area contributed by atoms with E-state index < -0.39 is 0 Å². The third-order valence-electron chi connectivity index (χ3n) is 1.78. The SMILES string of the molecule is [CH2-][NH2+]C1COC(C)(C)C1. The van der Waals surface area contributed by atoms with Crippen LogP contribution in [0.2, 0.25) is 0 Å². The van der Waals surface area contributed by atoms with Crippen molar-refractivity contribution in [3.63, 3.8) is 0 Å². The second-order valence-corrected chi connectivity index (χ2v) is 3.27. The average molecular weight is 129 g/mol. The molecule has 0 aromatic carbocycles. The molecule has 0 bridgehead atoms. The highest BCUT2D eigenvalue weighted by Crippen LogP contribution is 2.22. The second-order valence-electron chi connectivity index (χ2n) is 3.27. The van der Waals surface area contributed by atoms with Gasteiger partial charge in [-0.05, 0) is 13.8 Å². The molecule has 0 aliphatic carbocycles. The summed E-state index contributed by atoms with van der Waals surface area (Å²) in [6.07, 6.45) is 1.12. The number of hydrogen-bond acceptors (Lipinski definition) is 1. The number of quaternary nitrogens is 1. The lowest BCUT2D eigenvalue weighted by atomic mass is 10.0. The molecular formula is C7H15NO. The monoisotopic (exact) mass is 129 g/mol. The van der Waals surface area contributed by atoms with Crippen molar-refractivity contribution in [2.75, 3.05) is 6.61 Å². The van der Waals surface area contributed by atoms with Crippen molar-refractivity contribution in [2.45, 2.75) is 31.9 Å². The normalized spacial score (nSPS) is 33.0. The van der Waals surface area contributed by atoms with E-state index in [1.807, 2.05) is 5.32 Å². The summed E-state index contributed by atoms with van der Waals surface area (Å²) < 4.78 is 5.47. The maximum absolute atomic E-state index is 5.47. The lowest BCUT2D eigenvalue weighted by molar-refractivity contribution is -0.631. The molecule has 0 spiro atoms. The fourth-order valence-corrected chi connectivity index (χ4v) is 1.23. The van der Waals surface area contributed by atoms with Crippen molar-refractivity contribution in [2.24, 2.45) is 0 Å². The molecule has 0 aromatic heterocycles. The largest absolute Gasteiger partial charge is 0.474 e. The van der Waals surface area contributed by atoms with Crippen molar-refractivity contribution in [1.82, 2.24) is 0 Å². The highest BCUT2D eigenvalue weighted by molar-refractivity contribution is 4.79. The van der Waals surface area contributed by atoms with E-state index in [9.17, 15) is 0 Å². The van der Waals surface area contributed by atoms with Crippen LogP contribution in [0.5, 0.6) is 0 Å². The van der Waals surface area contributed by atoms with Crippen molar-refractivity contribution < 1.29 is 10.1 Å². The van der Waals surface area contributed by atoms with Gasteiger partial charge in [-0.2, -0.15) is 7.05 Å². The van der Waals surface area contributed by atoms with Gasteiger partial charge in [0.05, 0.1) is 18.2 Å². The minimum atomic E-state index is 0.0961. The van der Waals surface area contributed by atoms with Crippen LogP contribution in [-0.2, 0) is 4.74 Å². The van der Waals surface area contributed by atoms with Gasteiger partial charge < -0.3 is 10.1 Å². The van der Waals surface area contributed by atoms with E-state index in [0.29, 0.717) is 6.04 Å². The van der Waals surface area contributed by atoms with E-state index in [1.54, 1.807) is 0 Å². The summed E-state index contributed by atoms with van der Waals surface area (Å²) in [5.74, 6) is 0. The van der Waals surface area contributed by atoms with Crippen LogP contribution in [0, 0.1) is 7.05 Å². The molecule has 1 atom stereocenters. The zero-order chi connectivity index (χ0) is 6.91. The molecule has 1 aliphatic rings. The average Bonchev–Trinajstić information content (AvgIpc) is 2.10. The molecule has 2 nitrogen and oxygen atoms in total. The predicted octanol–water partition coefficient (Wildman–Crippen LogP) is -0.0911. The van der Waals surface area contributed by atoms with E-state index in [-0.39, 0.29) is 5.60 Å². The minimum absolute atomic E-state index is 0.0961. The summed E-state index contributed by atoms with van der Waals surface area (Å²) in [6, 6.07) is 0.583. The maximum atomic E-state index is 5.47. The van der Waals surface area contributed by atoms with Gasteiger partial charge in [-0.15, -0.1) is 0 Å². The molecule has 0 amide bonds. The summed E-state index contributed by atoms with van der Waals surface area (Å²) in [7, 11) is 3.73. The topological polar surface area (TPSA) is 25.8 Å². The number of ether oxygens (including phenoxy) is 1. The van der Waals surface area contributed by atoms with Gasteiger partial charge in [0.2, 0.25) is 0 Å². The Hall–Kier alpha value is -0.0800. The van der Waals surface area contributed by atoms with Crippen LogP contribution in [0.25, 0.3) is 0 Å². The summed E-state index contributed by atoms with van der Waals surface area (Å²) in [4.78, 5) is 0. The van der Waals surface area contributed by atoms with Crippen molar-refractivity contribution in [3.8, 4) is 0 Å². The van der Waals surface area contributed by atoms with Gasteiger partial charge in [-0.1, -0.05) is 0 Å². The van der Waals surface area contributed by atoms with Gasteiger partial charge in [-0.25, -0.2) is 0 Å². The molecule has 1 heterocycles. The molecule has 1 saturated heterocycles. The van der Waals surface area contributed by atoms with E-state index in [1.165, 1.54) is 0 Å². The van der Waals surface area contributed by atoms with Gasteiger partial charge in [-0.3, -0.25) is 0 Å². The first-order valence-electron chi connectivity index (χ1n) is 3.40. The fraction of sp³-hybridized carbons (Fsp3) is 0.857. The van der Waals surface area contributed by atoms with Crippen LogP contribution >= 0.6 is 0 Å². The van der Waals surface area contributed by atoms with E-state index in [4.69, 9.17) is 4.74 Å². The van der Waals surface area contributed by atoms with E-state index in [2.05, 4.69) is 20.9 Å². The molecule has 2 N–H and O–H groups in total. The predicted molar refractivity (Wildman–Crippen MR) is 35.7 cm³/mol. The molecule has 2 heteroatoms. The molecular weight excluding hydrogens is 114 g/mol. The molecule has 0 radical (unpaired) electrons. The van der Waals surface area contributed by atoms with Gasteiger partial charge in [0, 0.05) is 6.42 Å². The minimum Gasteiger partial charge on any atom is -0.474 e. The third kappa shape index (κ3) is 1.66. The fourth-order valence-electron chi connectivity index (χ4n) is 1.23. The van der Waals surface area contributed by atoms with Crippen LogP contribution < -0.4 is 5.32 Å². The zero-order valence-corrected chi connectivity index (χ0v) is 6.18. The highest BCUT2D eigenvalue weighted by Gasteiger charge is 2.31. The molecule has 0 saturated carbocycles. The zero-order valence-electron chi connectivity index (χ0n) is 6.18. The second kappa shape index (κ2) is 2.27. The van der Waals surface area contributed by atoms with E-state index in [0.717, 1.165) is 13.0 Å². The van der Waals surface area contributed by atoms with Crippen molar-refractivity contribution in [3.05, 3.63) is 7.05 Å². The Morgan fingerprint density at radius 3 is 2.56 bits per heavy atom. The first-order valence-corrected chi connectivity index (χ1v) is 3.40. The number of rotatable bonds is 1. The van der Waals surface area contributed by atoms with Crippen LogP contribution in [-0.4, -0.2) is 18.2 Å². The van der Waals surface area contributed by atoms with Gasteiger partial charge in [0.1, 0.15) is 0 Å². The molecule has 1 fully saturated rings. The molecule has 0 aromatic rings. The van der Waals surface area contributed by atoms with Crippen LogP contribution in [0.3, 0.4) is 0 Å². The summed E-state index contributed by atoms with van der Waals surface area (Å²) in [5.41, 5.74) is 0.0961. The lowest BCUT2D eigenvalue weighted by Crippen LogP contribution is -2.84. The van der Waals surface area contributed by atoms with Gasteiger partial charge in [0.15, 0.2) is 0 Å². The quantitative estimate of drug-likeness (QED) is 0.492. The molecule has 1 aliphatic heterocycles. The third-order valence-corrected chi connectivity index (χ3v) is 1.78. The Kier molecular flexibility index (Phi) is 1.78. The Morgan fingerprint density at radius 1 is 1.67 bits per heavy atom. The Balaban J connectivity index is 2.38. The van der Waals surface area contributed by atoms with Gasteiger partial charge >= 0.3 is 0 Å². The number of nitrogens with two attached hydrogens (primary N) is 1. The Labute approximate surface area is 56.6 Å². The summed E-state index contributed by atoms with van der Waals surface area (Å²) in [6.45, 7) is 5.10. The van der Waals surface area contributed by atoms with Crippen molar-refractivity contribution >= 4 is 0 Å². The Morgan fingerprint density at radius 2 is 2.33 bits per heavy atom. The molecule has 1 rings (SSSR count). The van der Waals surface area contributed by atoms with E-state index >= 15 is 0 Å². The lowest BCUT2D eigenvalue weighted by Gasteiger charge is -2.14. The number of hydrogen-bond donors (Lipinski definition) is 1. The van der Waals surface area contributed by atoms with Crippen molar-refractivity contribution in [1.29, 1.82) is 0 Å². The first kappa shape index (κ1) is 7.03. The smallest absolute Gasteiger partial charge is 0.0971 e. The maximum Gasteiger partial charge on any atom is 0.0971 e. The highest BCUT2D eigenvalue weighted by atomic mass is 16.5.